The second-order valence-corrected chi connectivity index (χ2v) is 10.0. The van der Waals surface area contributed by atoms with Crippen molar-refractivity contribution in [2.45, 2.75) is 51.1 Å². The summed E-state index contributed by atoms with van der Waals surface area (Å²) >= 11 is 0. The summed E-state index contributed by atoms with van der Waals surface area (Å²) in [6.07, 6.45) is 8.10. The lowest BCUT2D eigenvalue weighted by molar-refractivity contribution is 0.208. The van der Waals surface area contributed by atoms with Crippen LogP contribution in [0.4, 0.5) is 11.7 Å². The number of hydrogen-bond acceptors (Lipinski definition) is 8. The molecule has 8 nitrogen and oxygen atoms in total. The van der Waals surface area contributed by atoms with E-state index in [0.717, 1.165) is 24.3 Å². The smallest absolute Gasteiger partial charge is 0.324 e. The normalized spacial score (nSPS) is 25.9. The van der Waals surface area contributed by atoms with E-state index in [4.69, 9.17) is 19.0 Å². The summed E-state index contributed by atoms with van der Waals surface area (Å²) < 4.78 is 16.5. The first kappa shape index (κ1) is 21.3. The lowest BCUT2D eigenvalue weighted by atomic mass is 9.74. The van der Waals surface area contributed by atoms with Gasteiger partial charge in [-0.25, -0.2) is 0 Å². The van der Waals surface area contributed by atoms with Crippen molar-refractivity contribution >= 4 is 11.7 Å². The maximum Gasteiger partial charge on any atom is 0.324 e. The third-order valence-electron chi connectivity index (χ3n) is 7.87. The Bertz CT molecular complexity index is 1160. The summed E-state index contributed by atoms with van der Waals surface area (Å²) in [6.45, 7) is 4.01. The Morgan fingerprint density at radius 3 is 2.44 bits per heavy atom. The maximum atomic E-state index is 5.72. The molecule has 1 aromatic carbocycles. The molecule has 2 aromatic heterocycles. The number of methoxy groups -OCH3 is 2. The van der Waals surface area contributed by atoms with Gasteiger partial charge < -0.3 is 23.8 Å². The van der Waals surface area contributed by atoms with E-state index in [-0.39, 0.29) is 0 Å². The first-order chi connectivity index (χ1) is 16.6. The molecule has 8 heteroatoms. The molecule has 5 heterocycles. The Balaban J connectivity index is 1.19. The molecule has 3 saturated heterocycles. The third-order valence-corrected chi connectivity index (χ3v) is 7.87. The molecule has 178 valence electrons. The van der Waals surface area contributed by atoms with Crippen LogP contribution in [0.5, 0.6) is 11.5 Å². The topological polar surface area (TPSA) is 76.8 Å². The van der Waals surface area contributed by atoms with Crippen LogP contribution >= 0.6 is 0 Å². The number of nitrogens with zero attached hydrogens (tertiary/aromatic N) is 5. The van der Waals surface area contributed by atoms with Gasteiger partial charge in [-0.05, 0) is 68.7 Å². The molecule has 0 aliphatic carbocycles. The summed E-state index contributed by atoms with van der Waals surface area (Å²) in [7, 11) is 3.27. The zero-order valence-electron chi connectivity index (χ0n) is 20.0. The molecule has 3 aromatic rings. The minimum atomic E-state index is 0.318. The number of rotatable bonds is 5. The average Bonchev–Trinajstić information content (AvgIpc) is 3.56. The fourth-order valence-corrected chi connectivity index (χ4v) is 6.39. The van der Waals surface area contributed by atoms with Crippen molar-refractivity contribution in [1.29, 1.82) is 0 Å². The number of anilines is 2. The first-order valence-electron chi connectivity index (χ1n) is 12.1. The predicted octanol–water partition coefficient (Wildman–Crippen LogP) is 4.49. The van der Waals surface area contributed by atoms with Crippen LogP contribution in [-0.2, 0) is 0 Å². The Labute approximate surface area is 199 Å². The van der Waals surface area contributed by atoms with Crippen molar-refractivity contribution in [3.05, 3.63) is 42.2 Å². The van der Waals surface area contributed by atoms with E-state index >= 15 is 0 Å². The molecule has 3 aliphatic heterocycles. The lowest BCUT2D eigenvalue weighted by Gasteiger charge is -2.46. The number of aryl methyl sites for hydroxylation is 1. The Kier molecular flexibility index (Phi) is 5.12. The highest BCUT2D eigenvalue weighted by atomic mass is 16.5. The van der Waals surface area contributed by atoms with Gasteiger partial charge in [0, 0.05) is 54.4 Å². The van der Waals surface area contributed by atoms with Crippen molar-refractivity contribution in [3.8, 4) is 22.9 Å². The molecule has 0 radical (unpaired) electrons. The molecular weight excluding hydrogens is 430 g/mol. The van der Waals surface area contributed by atoms with E-state index in [1.165, 1.54) is 37.8 Å². The molecule has 1 spiro atoms. The third kappa shape index (κ3) is 3.65. The van der Waals surface area contributed by atoms with Crippen molar-refractivity contribution in [2.24, 2.45) is 5.41 Å². The van der Waals surface area contributed by atoms with Gasteiger partial charge in [-0.15, -0.1) is 0 Å². The Hall–Kier alpha value is -3.29. The van der Waals surface area contributed by atoms with Crippen molar-refractivity contribution in [2.75, 3.05) is 37.1 Å². The molecule has 34 heavy (non-hydrogen) atoms. The van der Waals surface area contributed by atoms with Gasteiger partial charge in [-0.1, -0.05) is 5.16 Å². The van der Waals surface area contributed by atoms with E-state index in [1.807, 2.05) is 24.4 Å². The largest absolute Gasteiger partial charge is 0.497 e. The summed E-state index contributed by atoms with van der Waals surface area (Å²) in [5, 5.41) is 4.26. The molecule has 0 saturated carbocycles. The molecule has 3 fully saturated rings. The van der Waals surface area contributed by atoms with Gasteiger partial charge in [-0.3, -0.25) is 4.98 Å². The van der Waals surface area contributed by atoms with Crippen LogP contribution in [0.25, 0.3) is 11.4 Å². The van der Waals surface area contributed by atoms with Gasteiger partial charge in [0.15, 0.2) is 0 Å². The SMILES string of the molecule is COc1cc(OC)cc(-c2noc(N3CCC4(CC5CCC(C4)N5c4ccnc(C)c4)C3)n2)c1. The fourth-order valence-electron chi connectivity index (χ4n) is 6.39. The summed E-state index contributed by atoms with van der Waals surface area (Å²) in [4.78, 5) is 14.1. The molecule has 0 N–H and O–H groups in total. The van der Waals surface area contributed by atoms with Crippen LogP contribution in [-0.4, -0.2) is 54.5 Å². The minimum absolute atomic E-state index is 0.318. The average molecular weight is 462 g/mol. The summed E-state index contributed by atoms with van der Waals surface area (Å²) in [5.74, 6) is 1.95. The number of piperidine rings is 1. The van der Waals surface area contributed by atoms with Crippen molar-refractivity contribution in [3.63, 3.8) is 0 Å². The van der Waals surface area contributed by atoms with Gasteiger partial charge in [0.1, 0.15) is 11.5 Å². The van der Waals surface area contributed by atoms with E-state index < -0.39 is 0 Å². The number of ether oxygens (including phenoxy) is 2. The quantitative estimate of drug-likeness (QED) is 0.550. The van der Waals surface area contributed by atoms with E-state index in [9.17, 15) is 0 Å². The van der Waals surface area contributed by atoms with Crippen LogP contribution < -0.4 is 19.3 Å². The molecular formula is C26H31N5O3. The highest BCUT2D eigenvalue weighted by molar-refractivity contribution is 5.61. The van der Waals surface area contributed by atoms with Gasteiger partial charge in [-0.2, -0.15) is 4.98 Å². The lowest BCUT2D eigenvalue weighted by Crippen LogP contribution is -2.48. The van der Waals surface area contributed by atoms with Crippen LogP contribution in [0.3, 0.4) is 0 Å². The number of fused-ring (bicyclic) bond motifs is 2. The zero-order valence-corrected chi connectivity index (χ0v) is 20.0. The van der Waals surface area contributed by atoms with Crippen LogP contribution in [0.2, 0.25) is 0 Å². The summed E-state index contributed by atoms with van der Waals surface area (Å²) in [6, 6.07) is 11.8. The monoisotopic (exact) mass is 461 g/mol. The standard InChI is InChI=1S/C26H31N5O3/c1-17-10-19(6-8-27-17)31-20-4-5-21(31)15-26(14-20)7-9-30(16-26)25-28-24(29-34-25)18-11-22(32-2)13-23(12-18)33-3/h6,8,10-13,20-21H,4-5,7,9,14-16H2,1-3H3. The van der Waals surface area contributed by atoms with Crippen LogP contribution in [0.15, 0.2) is 41.1 Å². The maximum absolute atomic E-state index is 5.72. The van der Waals surface area contributed by atoms with Gasteiger partial charge in [0.25, 0.3) is 0 Å². The fraction of sp³-hybridized carbons (Fsp3) is 0.500. The van der Waals surface area contributed by atoms with Gasteiger partial charge >= 0.3 is 6.01 Å². The molecule has 2 unspecified atom stereocenters. The second kappa shape index (κ2) is 8.18. The number of hydrogen-bond donors (Lipinski definition) is 0. The van der Waals surface area contributed by atoms with Crippen molar-refractivity contribution in [1.82, 2.24) is 15.1 Å². The zero-order chi connectivity index (χ0) is 23.3. The van der Waals surface area contributed by atoms with Gasteiger partial charge in [0.2, 0.25) is 5.82 Å². The molecule has 2 bridgehead atoms. The molecule has 3 aliphatic rings. The van der Waals surface area contributed by atoms with E-state index in [0.29, 0.717) is 40.8 Å². The predicted molar refractivity (Wildman–Crippen MR) is 130 cm³/mol. The van der Waals surface area contributed by atoms with Crippen molar-refractivity contribution < 1.29 is 14.0 Å². The van der Waals surface area contributed by atoms with Crippen LogP contribution in [0.1, 0.15) is 37.8 Å². The number of benzene rings is 1. The molecule has 0 amide bonds. The van der Waals surface area contributed by atoms with E-state index in [1.54, 1.807) is 14.2 Å². The number of aromatic nitrogens is 3. The Morgan fingerprint density at radius 2 is 1.76 bits per heavy atom. The van der Waals surface area contributed by atoms with E-state index in [2.05, 4.69) is 39.0 Å². The molecule has 6 rings (SSSR count). The second-order valence-electron chi connectivity index (χ2n) is 10.0. The Morgan fingerprint density at radius 1 is 1.03 bits per heavy atom. The van der Waals surface area contributed by atoms with Crippen LogP contribution in [0, 0.1) is 12.3 Å². The number of pyridine rings is 1. The summed E-state index contributed by atoms with van der Waals surface area (Å²) in [5.41, 5.74) is 3.56. The minimum Gasteiger partial charge on any atom is -0.497 e. The van der Waals surface area contributed by atoms with Gasteiger partial charge in [0.05, 0.1) is 14.2 Å². The first-order valence-corrected chi connectivity index (χ1v) is 12.1. The highest BCUT2D eigenvalue weighted by Crippen LogP contribution is 2.52. The molecule has 2 atom stereocenters. The highest BCUT2D eigenvalue weighted by Gasteiger charge is 2.51.